The van der Waals surface area contributed by atoms with Crippen LogP contribution >= 0.6 is 11.6 Å². The smallest absolute Gasteiger partial charge is 0.296 e. The summed E-state index contributed by atoms with van der Waals surface area (Å²) in [6, 6.07) is 17.6. The minimum Gasteiger partial charge on any atom is -0.456 e. The molecule has 192 valence electrons. The molecule has 2 aliphatic rings. The number of halogens is 1. The monoisotopic (exact) mass is 540 g/mol. The molecule has 9 nitrogen and oxygen atoms in total. The SMILES string of the molecule is CS(C)(=O)=Nc1cccc(-c2ccc(-c3nc4[nH]c(O[C@@H]5COC6[C@H](O)CO[C@@H]65)nc4cc3Cl)cc2)c1. The third kappa shape index (κ3) is 4.95. The first kappa shape index (κ1) is 24.3. The lowest BCUT2D eigenvalue weighted by Crippen LogP contribution is -2.34. The molecule has 2 N–H and O–H groups in total. The van der Waals surface area contributed by atoms with Gasteiger partial charge in [-0.3, -0.25) is 4.98 Å². The van der Waals surface area contributed by atoms with Gasteiger partial charge in [0.2, 0.25) is 0 Å². The van der Waals surface area contributed by atoms with Crippen molar-refractivity contribution in [1.29, 1.82) is 0 Å². The van der Waals surface area contributed by atoms with Gasteiger partial charge in [-0.25, -0.2) is 9.19 Å². The normalized spacial score (nSPS) is 23.4. The van der Waals surface area contributed by atoms with Gasteiger partial charge in [-0.1, -0.05) is 48.0 Å². The quantitative estimate of drug-likeness (QED) is 0.389. The summed E-state index contributed by atoms with van der Waals surface area (Å²) in [5, 5.41) is 10.4. The second kappa shape index (κ2) is 9.38. The van der Waals surface area contributed by atoms with Gasteiger partial charge in [0.05, 0.1) is 29.6 Å². The molecular weight excluding hydrogens is 516 g/mol. The number of ether oxygens (including phenoxy) is 3. The molecule has 2 aromatic carbocycles. The van der Waals surface area contributed by atoms with Gasteiger partial charge in [0.25, 0.3) is 6.01 Å². The van der Waals surface area contributed by atoms with Gasteiger partial charge in [-0.2, -0.15) is 9.35 Å². The van der Waals surface area contributed by atoms with Crippen molar-refractivity contribution < 1.29 is 23.5 Å². The molecule has 0 spiro atoms. The third-order valence-corrected chi connectivity index (χ3v) is 7.25. The van der Waals surface area contributed by atoms with Gasteiger partial charge in [0, 0.05) is 27.8 Å². The van der Waals surface area contributed by atoms with Gasteiger partial charge < -0.3 is 19.3 Å². The van der Waals surface area contributed by atoms with Crippen molar-refractivity contribution in [3.05, 3.63) is 59.6 Å². The summed E-state index contributed by atoms with van der Waals surface area (Å²) < 4.78 is 33.6. The Hall–Kier alpha value is -3.02. The lowest BCUT2D eigenvalue weighted by molar-refractivity contribution is 0.00706. The number of aromatic nitrogens is 3. The van der Waals surface area contributed by atoms with Crippen molar-refractivity contribution in [1.82, 2.24) is 15.0 Å². The highest BCUT2D eigenvalue weighted by molar-refractivity contribution is 7.92. The zero-order valence-electron chi connectivity index (χ0n) is 20.1. The number of aromatic amines is 1. The van der Waals surface area contributed by atoms with Gasteiger partial charge in [0.15, 0.2) is 11.8 Å². The highest BCUT2D eigenvalue weighted by Crippen LogP contribution is 2.33. The number of aliphatic hydroxyl groups excluding tert-OH is 1. The first-order chi connectivity index (χ1) is 17.7. The molecule has 2 aromatic heterocycles. The van der Waals surface area contributed by atoms with Crippen LogP contribution < -0.4 is 4.74 Å². The molecule has 11 heteroatoms. The van der Waals surface area contributed by atoms with E-state index in [2.05, 4.69) is 14.3 Å². The average molecular weight is 541 g/mol. The predicted molar refractivity (Wildman–Crippen MR) is 142 cm³/mol. The van der Waals surface area contributed by atoms with Crippen LogP contribution in [0.5, 0.6) is 6.01 Å². The molecule has 2 fully saturated rings. The van der Waals surface area contributed by atoms with Gasteiger partial charge in [0.1, 0.15) is 23.8 Å². The molecule has 0 aliphatic carbocycles. The highest BCUT2D eigenvalue weighted by Gasteiger charge is 2.48. The molecular formula is C26H25ClN4O5S. The van der Waals surface area contributed by atoms with Crippen LogP contribution in [-0.4, -0.2) is 74.4 Å². The molecule has 0 radical (unpaired) electrons. The Morgan fingerprint density at radius 2 is 1.78 bits per heavy atom. The summed E-state index contributed by atoms with van der Waals surface area (Å²) in [5.74, 6) is 0. The number of fused-ring (bicyclic) bond motifs is 2. The summed E-state index contributed by atoms with van der Waals surface area (Å²) in [6.45, 7) is 0.538. The first-order valence-corrected chi connectivity index (χ1v) is 14.5. The number of rotatable bonds is 5. The largest absolute Gasteiger partial charge is 0.456 e. The van der Waals surface area contributed by atoms with Crippen LogP contribution in [0.1, 0.15) is 0 Å². The second-order valence-corrected chi connectivity index (χ2v) is 12.4. The van der Waals surface area contributed by atoms with Crippen molar-refractivity contribution in [2.24, 2.45) is 4.36 Å². The van der Waals surface area contributed by atoms with Crippen LogP contribution in [0.2, 0.25) is 5.02 Å². The molecule has 4 aromatic rings. The Morgan fingerprint density at radius 1 is 1.03 bits per heavy atom. The molecule has 4 heterocycles. The van der Waals surface area contributed by atoms with E-state index in [-0.39, 0.29) is 24.9 Å². The summed E-state index contributed by atoms with van der Waals surface area (Å²) in [4.78, 5) is 12.3. The molecule has 0 saturated carbocycles. The second-order valence-electron chi connectivity index (χ2n) is 9.45. The number of hydrogen-bond donors (Lipinski definition) is 2. The number of benzene rings is 2. The van der Waals surface area contributed by atoms with Gasteiger partial charge >= 0.3 is 0 Å². The van der Waals surface area contributed by atoms with Crippen LogP contribution in [0.15, 0.2) is 59.0 Å². The highest BCUT2D eigenvalue weighted by atomic mass is 35.5. The van der Waals surface area contributed by atoms with E-state index in [0.717, 1.165) is 16.7 Å². The molecule has 6 rings (SSSR count). The molecule has 0 amide bonds. The third-order valence-electron chi connectivity index (χ3n) is 6.31. The number of H-pyrrole nitrogens is 1. The number of pyridine rings is 1. The van der Waals surface area contributed by atoms with Crippen LogP contribution in [0.3, 0.4) is 0 Å². The zero-order chi connectivity index (χ0) is 25.7. The molecule has 4 atom stereocenters. The minimum atomic E-state index is -2.24. The Balaban J connectivity index is 1.24. The van der Waals surface area contributed by atoms with E-state index >= 15 is 0 Å². The van der Waals surface area contributed by atoms with E-state index in [1.165, 1.54) is 0 Å². The van der Waals surface area contributed by atoms with Gasteiger partial charge in [-0.15, -0.1) is 0 Å². The summed E-state index contributed by atoms with van der Waals surface area (Å²) in [7, 11) is -2.24. The van der Waals surface area contributed by atoms with E-state index in [0.29, 0.717) is 40.2 Å². The van der Waals surface area contributed by atoms with Crippen molar-refractivity contribution in [3.63, 3.8) is 0 Å². The van der Waals surface area contributed by atoms with E-state index in [1.807, 2.05) is 48.5 Å². The first-order valence-electron chi connectivity index (χ1n) is 11.8. The van der Waals surface area contributed by atoms with Crippen LogP contribution in [0, 0.1) is 0 Å². The molecule has 1 unspecified atom stereocenters. The van der Waals surface area contributed by atoms with Crippen molar-refractivity contribution in [2.45, 2.75) is 24.4 Å². The Bertz CT molecular complexity index is 1590. The Morgan fingerprint density at radius 3 is 2.57 bits per heavy atom. The van der Waals surface area contributed by atoms with E-state index in [9.17, 15) is 9.32 Å². The van der Waals surface area contributed by atoms with E-state index < -0.39 is 15.8 Å². The maximum absolute atomic E-state index is 12.1. The van der Waals surface area contributed by atoms with Crippen LogP contribution in [-0.2, 0) is 19.2 Å². The Kier molecular flexibility index (Phi) is 6.16. The standard InChI is InChI=1S/C26H25ClN4O5S/c1-37(2,33)31-17-5-3-4-16(10-17)14-6-8-15(9-7-14)22-18(27)11-19-25(29-22)30-26(28-19)36-21-13-35-23-20(32)12-34-24(21)23/h3-11,20-21,23-24,32H,12-13H2,1-2H3,(H,28,29,30)/t20-,21-,23?,24-/m1/s1. The molecule has 0 bridgehead atoms. The number of nitrogens with one attached hydrogen (secondary N) is 1. The fourth-order valence-corrected chi connectivity index (χ4v) is 5.53. The lowest BCUT2D eigenvalue weighted by atomic mass is 10.0. The van der Waals surface area contributed by atoms with Crippen LogP contribution in [0.4, 0.5) is 5.69 Å². The zero-order valence-corrected chi connectivity index (χ0v) is 21.7. The molecule has 37 heavy (non-hydrogen) atoms. The average Bonchev–Trinajstić information content (AvgIpc) is 3.54. The Labute approximate surface area is 219 Å². The summed E-state index contributed by atoms with van der Waals surface area (Å²) in [6.07, 6.45) is 1.49. The predicted octanol–water partition coefficient (Wildman–Crippen LogP) is 4.21. The number of nitrogens with zero attached hydrogens (tertiary/aromatic N) is 3. The number of imidazole rings is 1. The van der Waals surface area contributed by atoms with E-state index in [4.69, 9.17) is 30.8 Å². The fourth-order valence-electron chi connectivity index (χ4n) is 4.66. The maximum Gasteiger partial charge on any atom is 0.296 e. The van der Waals surface area contributed by atoms with Crippen molar-refractivity contribution in [3.8, 4) is 28.4 Å². The topological polar surface area (TPSA) is 119 Å². The minimum absolute atomic E-state index is 0.231. The fraction of sp³-hybridized carbons (Fsp3) is 0.308. The number of aliphatic hydroxyl groups is 1. The van der Waals surface area contributed by atoms with Crippen molar-refractivity contribution >= 4 is 38.2 Å². The summed E-state index contributed by atoms with van der Waals surface area (Å²) in [5.41, 5.74) is 5.22. The van der Waals surface area contributed by atoms with Gasteiger partial charge in [-0.05, 0) is 29.3 Å². The lowest BCUT2D eigenvalue weighted by Gasteiger charge is -2.15. The van der Waals surface area contributed by atoms with Crippen molar-refractivity contribution in [2.75, 3.05) is 25.7 Å². The molecule has 2 aliphatic heterocycles. The number of hydrogen-bond acceptors (Lipinski definition) is 8. The summed E-state index contributed by atoms with van der Waals surface area (Å²) >= 11 is 6.58. The maximum atomic E-state index is 12.1. The van der Waals surface area contributed by atoms with Crippen LogP contribution in [0.25, 0.3) is 33.5 Å². The van der Waals surface area contributed by atoms with E-state index in [1.54, 1.807) is 18.6 Å². The molecule has 2 saturated heterocycles.